The van der Waals surface area contributed by atoms with Crippen molar-refractivity contribution in [3.05, 3.63) is 33.8 Å². The van der Waals surface area contributed by atoms with Crippen LogP contribution in [0.4, 0.5) is 0 Å². The summed E-state index contributed by atoms with van der Waals surface area (Å²) in [5.74, 6) is 1.14. The summed E-state index contributed by atoms with van der Waals surface area (Å²) in [4.78, 5) is 11.2. The molecule has 1 saturated carbocycles. The Labute approximate surface area is 124 Å². The molecule has 1 aromatic carbocycles. The van der Waals surface area contributed by atoms with E-state index in [2.05, 4.69) is 46.4 Å². The molecule has 104 valence electrons. The summed E-state index contributed by atoms with van der Waals surface area (Å²) in [6, 6.07) is 6.45. The second-order valence-electron chi connectivity index (χ2n) is 5.51. The molecule has 1 aliphatic carbocycles. The smallest absolute Gasteiger partial charge is 0.132 e. The van der Waals surface area contributed by atoms with Crippen LogP contribution in [0, 0.1) is 12.8 Å². The summed E-state index contributed by atoms with van der Waals surface area (Å²) >= 11 is 3.52. The topological polar surface area (TPSA) is 29.1 Å². The third-order valence-corrected chi connectivity index (χ3v) is 4.47. The molecule has 0 bridgehead atoms. The van der Waals surface area contributed by atoms with E-state index in [1.165, 1.54) is 11.1 Å². The lowest BCUT2D eigenvalue weighted by Gasteiger charge is -2.21. The summed E-state index contributed by atoms with van der Waals surface area (Å²) in [6.07, 6.45) is 4.79. The minimum Gasteiger partial charge on any atom is -0.316 e. The highest BCUT2D eigenvalue weighted by Gasteiger charge is 2.17. The van der Waals surface area contributed by atoms with Crippen LogP contribution in [-0.2, 0) is 11.2 Å². The third kappa shape index (κ3) is 4.73. The van der Waals surface area contributed by atoms with Gasteiger partial charge in [0.05, 0.1) is 0 Å². The molecule has 2 nitrogen and oxygen atoms in total. The van der Waals surface area contributed by atoms with E-state index in [0.717, 1.165) is 49.7 Å². The minimum atomic E-state index is 0.445. The van der Waals surface area contributed by atoms with E-state index in [9.17, 15) is 4.79 Å². The molecular weight excluding hydrogens is 302 g/mol. The number of rotatable bonds is 5. The Kier molecular flexibility index (Phi) is 5.59. The molecule has 0 aliphatic heterocycles. The Bertz CT molecular complexity index is 434. The molecule has 0 aromatic heterocycles. The van der Waals surface area contributed by atoms with Gasteiger partial charge in [-0.1, -0.05) is 22.0 Å². The third-order valence-electron chi connectivity index (χ3n) is 3.98. The zero-order valence-corrected chi connectivity index (χ0v) is 13.1. The lowest BCUT2D eigenvalue weighted by Crippen LogP contribution is -2.28. The first-order valence-electron chi connectivity index (χ1n) is 7.12. The van der Waals surface area contributed by atoms with Gasteiger partial charge in [0.1, 0.15) is 5.78 Å². The number of Topliss-reactive ketones (excluding diaryl/α,β-unsaturated/α-hetero) is 1. The number of carbonyl (C=O) groups excluding carboxylic acids is 1. The van der Waals surface area contributed by atoms with Crippen molar-refractivity contribution < 1.29 is 4.79 Å². The predicted molar refractivity (Wildman–Crippen MR) is 82.4 cm³/mol. The van der Waals surface area contributed by atoms with Gasteiger partial charge in [0, 0.05) is 17.3 Å². The van der Waals surface area contributed by atoms with Gasteiger partial charge in [0.25, 0.3) is 0 Å². The maximum absolute atomic E-state index is 11.2. The number of ketones is 1. The van der Waals surface area contributed by atoms with Gasteiger partial charge in [-0.25, -0.2) is 0 Å². The van der Waals surface area contributed by atoms with Gasteiger partial charge in [-0.3, -0.25) is 4.79 Å². The summed E-state index contributed by atoms with van der Waals surface area (Å²) < 4.78 is 1.15. The molecule has 1 N–H and O–H groups in total. The molecule has 0 heterocycles. The van der Waals surface area contributed by atoms with Gasteiger partial charge in [0.15, 0.2) is 0 Å². The van der Waals surface area contributed by atoms with Crippen LogP contribution in [0.2, 0.25) is 0 Å². The fourth-order valence-electron chi connectivity index (χ4n) is 2.64. The van der Waals surface area contributed by atoms with Crippen LogP contribution < -0.4 is 5.32 Å². The Balaban J connectivity index is 1.69. The summed E-state index contributed by atoms with van der Waals surface area (Å²) in [5.41, 5.74) is 2.76. The first-order chi connectivity index (χ1) is 9.15. The van der Waals surface area contributed by atoms with Gasteiger partial charge in [-0.2, -0.15) is 0 Å². The molecular formula is C16H22BrNO. The summed E-state index contributed by atoms with van der Waals surface area (Å²) in [7, 11) is 0. The van der Waals surface area contributed by atoms with Crippen LogP contribution in [0.3, 0.4) is 0 Å². The Morgan fingerprint density at radius 3 is 2.79 bits per heavy atom. The van der Waals surface area contributed by atoms with E-state index < -0.39 is 0 Å². The monoisotopic (exact) mass is 323 g/mol. The zero-order valence-electron chi connectivity index (χ0n) is 11.5. The van der Waals surface area contributed by atoms with Crippen molar-refractivity contribution in [3.8, 4) is 0 Å². The van der Waals surface area contributed by atoms with Crippen LogP contribution in [0.1, 0.15) is 36.8 Å². The Morgan fingerprint density at radius 2 is 2.05 bits per heavy atom. The van der Waals surface area contributed by atoms with E-state index in [-0.39, 0.29) is 0 Å². The largest absolute Gasteiger partial charge is 0.316 e. The van der Waals surface area contributed by atoms with Crippen LogP contribution in [-0.4, -0.2) is 18.9 Å². The average Bonchev–Trinajstić information content (AvgIpc) is 2.40. The molecule has 1 aromatic rings. The fourth-order valence-corrected chi connectivity index (χ4v) is 3.05. The first kappa shape index (κ1) is 14.7. The van der Waals surface area contributed by atoms with E-state index in [0.29, 0.717) is 11.7 Å². The van der Waals surface area contributed by atoms with Crippen LogP contribution in [0.25, 0.3) is 0 Å². The Morgan fingerprint density at radius 1 is 1.32 bits per heavy atom. The van der Waals surface area contributed by atoms with Gasteiger partial charge in [0.2, 0.25) is 0 Å². The molecule has 0 radical (unpaired) electrons. The van der Waals surface area contributed by atoms with Crippen molar-refractivity contribution in [1.29, 1.82) is 0 Å². The SMILES string of the molecule is Cc1ccc(Br)cc1CCNCC1CCC(=O)CC1. The fraction of sp³-hybridized carbons (Fsp3) is 0.562. The molecule has 2 rings (SSSR count). The molecule has 0 atom stereocenters. The normalized spacial score (nSPS) is 16.8. The van der Waals surface area contributed by atoms with Crippen LogP contribution in [0.5, 0.6) is 0 Å². The van der Waals surface area contributed by atoms with Crippen LogP contribution in [0.15, 0.2) is 22.7 Å². The van der Waals surface area contributed by atoms with Crippen molar-refractivity contribution in [3.63, 3.8) is 0 Å². The molecule has 0 saturated heterocycles. The van der Waals surface area contributed by atoms with E-state index >= 15 is 0 Å². The number of halogens is 1. The number of nitrogens with one attached hydrogen (secondary N) is 1. The maximum Gasteiger partial charge on any atom is 0.132 e. The highest BCUT2D eigenvalue weighted by atomic mass is 79.9. The number of hydrogen-bond acceptors (Lipinski definition) is 2. The highest BCUT2D eigenvalue weighted by molar-refractivity contribution is 9.10. The predicted octanol–water partition coefficient (Wildman–Crippen LogP) is 3.65. The zero-order chi connectivity index (χ0) is 13.7. The van der Waals surface area contributed by atoms with Gasteiger partial charge in [-0.15, -0.1) is 0 Å². The van der Waals surface area contributed by atoms with Gasteiger partial charge >= 0.3 is 0 Å². The standard InChI is InChI=1S/C16H22BrNO/c1-12-2-5-15(17)10-14(12)8-9-18-11-13-3-6-16(19)7-4-13/h2,5,10,13,18H,3-4,6-9,11H2,1H3. The second-order valence-corrected chi connectivity index (χ2v) is 6.42. The molecule has 0 amide bonds. The van der Waals surface area contributed by atoms with E-state index in [1.807, 2.05) is 0 Å². The molecule has 0 unspecified atom stereocenters. The molecule has 1 aliphatic rings. The second kappa shape index (κ2) is 7.20. The van der Waals surface area contributed by atoms with Crippen molar-refractivity contribution in [2.24, 2.45) is 5.92 Å². The van der Waals surface area contributed by atoms with Gasteiger partial charge in [-0.05, 0) is 68.5 Å². The summed E-state index contributed by atoms with van der Waals surface area (Å²) in [5, 5.41) is 3.54. The van der Waals surface area contributed by atoms with Crippen molar-refractivity contribution >= 4 is 21.7 Å². The molecule has 0 spiro atoms. The average molecular weight is 324 g/mol. The lowest BCUT2D eigenvalue weighted by atomic mass is 9.88. The van der Waals surface area contributed by atoms with Crippen molar-refractivity contribution in [2.75, 3.05) is 13.1 Å². The molecule has 3 heteroatoms. The van der Waals surface area contributed by atoms with Crippen LogP contribution >= 0.6 is 15.9 Å². The number of carbonyl (C=O) groups is 1. The van der Waals surface area contributed by atoms with Gasteiger partial charge < -0.3 is 5.32 Å². The van der Waals surface area contributed by atoms with E-state index in [4.69, 9.17) is 0 Å². The highest BCUT2D eigenvalue weighted by Crippen LogP contribution is 2.20. The number of hydrogen-bond donors (Lipinski definition) is 1. The lowest BCUT2D eigenvalue weighted by molar-refractivity contribution is -0.120. The number of benzene rings is 1. The quantitative estimate of drug-likeness (QED) is 0.838. The van der Waals surface area contributed by atoms with Crippen molar-refractivity contribution in [2.45, 2.75) is 39.0 Å². The van der Waals surface area contributed by atoms with Crippen molar-refractivity contribution in [1.82, 2.24) is 5.32 Å². The molecule has 19 heavy (non-hydrogen) atoms. The molecule has 1 fully saturated rings. The minimum absolute atomic E-state index is 0.445. The number of aryl methyl sites for hydroxylation is 1. The maximum atomic E-state index is 11.2. The summed E-state index contributed by atoms with van der Waals surface area (Å²) in [6.45, 7) is 4.23. The Hall–Kier alpha value is -0.670. The first-order valence-corrected chi connectivity index (χ1v) is 7.92. The van der Waals surface area contributed by atoms with E-state index in [1.54, 1.807) is 0 Å².